The molecule has 6 heteroatoms. The van der Waals surface area contributed by atoms with Gasteiger partial charge in [-0.3, -0.25) is 9.69 Å². The average Bonchev–Trinajstić information content (AvgIpc) is 2.73. The summed E-state index contributed by atoms with van der Waals surface area (Å²) in [5.74, 6) is -0.431. The molecule has 0 aromatic heterocycles. The van der Waals surface area contributed by atoms with Crippen molar-refractivity contribution in [1.29, 1.82) is 0 Å². The molecule has 110 valence electrons. The van der Waals surface area contributed by atoms with Gasteiger partial charge >= 0.3 is 5.97 Å². The van der Waals surface area contributed by atoms with Crippen molar-refractivity contribution >= 4 is 46.3 Å². The van der Waals surface area contributed by atoms with E-state index >= 15 is 0 Å². The van der Waals surface area contributed by atoms with Crippen molar-refractivity contribution in [3.63, 3.8) is 0 Å². The summed E-state index contributed by atoms with van der Waals surface area (Å²) < 4.78 is 5.61. The van der Waals surface area contributed by atoms with Gasteiger partial charge in [-0.05, 0) is 30.2 Å². The molecule has 1 aliphatic rings. The number of carbonyl (C=O) groups is 2. The van der Waals surface area contributed by atoms with Crippen LogP contribution >= 0.6 is 24.0 Å². The van der Waals surface area contributed by atoms with E-state index in [1.807, 2.05) is 6.92 Å². The quantitative estimate of drug-likeness (QED) is 0.484. The molecule has 1 amide bonds. The summed E-state index contributed by atoms with van der Waals surface area (Å²) in [6, 6.07) is 6.95. The number of benzene rings is 1. The van der Waals surface area contributed by atoms with Crippen LogP contribution < -0.4 is 0 Å². The molecule has 0 atom stereocenters. The van der Waals surface area contributed by atoms with Crippen LogP contribution in [0.25, 0.3) is 6.08 Å². The van der Waals surface area contributed by atoms with Crippen molar-refractivity contribution in [3.05, 3.63) is 40.3 Å². The second-order valence-electron chi connectivity index (χ2n) is 4.50. The van der Waals surface area contributed by atoms with E-state index in [9.17, 15) is 9.59 Å². The van der Waals surface area contributed by atoms with Gasteiger partial charge in [0.1, 0.15) is 4.32 Å². The summed E-state index contributed by atoms with van der Waals surface area (Å²) in [6.45, 7) is 2.36. The molecule has 1 aliphatic heterocycles. The maximum atomic E-state index is 11.9. The van der Waals surface area contributed by atoms with E-state index in [4.69, 9.17) is 17.0 Å². The maximum absolute atomic E-state index is 11.9. The first-order chi connectivity index (χ1) is 10.0. The van der Waals surface area contributed by atoms with Crippen LogP contribution in [0.15, 0.2) is 29.2 Å². The van der Waals surface area contributed by atoms with Gasteiger partial charge in [0.25, 0.3) is 5.91 Å². The lowest BCUT2D eigenvalue weighted by atomic mass is 10.1. The van der Waals surface area contributed by atoms with Crippen LogP contribution in [0.4, 0.5) is 0 Å². The van der Waals surface area contributed by atoms with Crippen molar-refractivity contribution in [2.75, 3.05) is 13.7 Å². The fourth-order valence-corrected chi connectivity index (χ4v) is 2.87. The van der Waals surface area contributed by atoms with Gasteiger partial charge in [-0.1, -0.05) is 43.0 Å². The van der Waals surface area contributed by atoms with Gasteiger partial charge < -0.3 is 4.74 Å². The number of nitrogens with zero attached hydrogens (tertiary/aromatic N) is 1. The summed E-state index contributed by atoms with van der Waals surface area (Å²) in [4.78, 5) is 25.6. The number of rotatable bonds is 4. The summed E-state index contributed by atoms with van der Waals surface area (Å²) in [6.07, 6.45) is 2.56. The van der Waals surface area contributed by atoms with E-state index in [0.29, 0.717) is 21.4 Å². The molecule has 0 bridgehead atoms. The third-order valence-electron chi connectivity index (χ3n) is 2.87. The molecule has 4 nitrogen and oxygen atoms in total. The minimum absolute atomic E-state index is 0.101. The molecule has 1 heterocycles. The lowest BCUT2D eigenvalue weighted by molar-refractivity contribution is -0.121. The normalized spacial score (nSPS) is 16.7. The van der Waals surface area contributed by atoms with Gasteiger partial charge in [0, 0.05) is 7.05 Å². The zero-order valence-electron chi connectivity index (χ0n) is 11.8. The van der Waals surface area contributed by atoms with E-state index in [1.165, 1.54) is 16.7 Å². The number of thioether (sulfide) groups is 1. The van der Waals surface area contributed by atoms with Gasteiger partial charge in [0.15, 0.2) is 0 Å². The van der Waals surface area contributed by atoms with Crippen LogP contribution in [0.3, 0.4) is 0 Å². The standard InChI is InChI=1S/C15H15NO3S2/c1-3-8-19-14(18)11-6-4-10(5-7-11)9-12-13(17)16(2)15(20)21-12/h4-7,9H,3,8H2,1-2H3/b12-9+. The lowest BCUT2D eigenvalue weighted by Gasteiger charge is -2.04. The van der Waals surface area contributed by atoms with E-state index in [-0.39, 0.29) is 11.9 Å². The topological polar surface area (TPSA) is 46.6 Å². The number of thiocarbonyl (C=S) groups is 1. The highest BCUT2D eigenvalue weighted by molar-refractivity contribution is 8.26. The van der Waals surface area contributed by atoms with Crippen LogP contribution in [0.5, 0.6) is 0 Å². The molecular weight excluding hydrogens is 306 g/mol. The number of ether oxygens (including phenoxy) is 1. The van der Waals surface area contributed by atoms with Crippen LogP contribution in [-0.4, -0.2) is 34.8 Å². The maximum Gasteiger partial charge on any atom is 0.338 e. The molecule has 0 unspecified atom stereocenters. The van der Waals surface area contributed by atoms with E-state index < -0.39 is 0 Å². The van der Waals surface area contributed by atoms with Gasteiger partial charge in [0.05, 0.1) is 17.1 Å². The van der Waals surface area contributed by atoms with E-state index in [1.54, 1.807) is 37.4 Å². The van der Waals surface area contributed by atoms with Crippen molar-refractivity contribution < 1.29 is 14.3 Å². The van der Waals surface area contributed by atoms with Crippen LogP contribution in [0, 0.1) is 0 Å². The summed E-state index contributed by atoms with van der Waals surface area (Å²) in [5.41, 5.74) is 1.35. The fourth-order valence-electron chi connectivity index (χ4n) is 1.69. The molecular formula is C15H15NO3S2. The fraction of sp³-hybridized carbons (Fsp3) is 0.267. The predicted molar refractivity (Wildman–Crippen MR) is 88.0 cm³/mol. The number of amides is 1. The molecule has 0 aliphatic carbocycles. The minimum Gasteiger partial charge on any atom is -0.462 e. The number of esters is 1. The van der Waals surface area contributed by atoms with Gasteiger partial charge in [-0.25, -0.2) is 4.79 Å². The molecule has 0 spiro atoms. The highest BCUT2D eigenvalue weighted by Gasteiger charge is 2.28. The van der Waals surface area contributed by atoms with E-state index in [0.717, 1.165) is 12.0 Å². The minimum atomic E-state index is -0.330. The number of hydrogen-bond donors (Lipinski definition) is 0. The summed E-state index contributed by atoms with van der Waals surface area (Å²) in [5, 5.41) is 0. The molecule has 1 aromatic carbocycles. The third kappa shape index (κ3) is 3.71. The Labute approximate surface area is 133 Å². The van der Waals surface area contributed by atoms with Gasteiger partial charge in [0.2, 0.25) is 0 Å². The molecule has 1 fully saturated rings. The Morgan fingerprint density at radius 1 is 1.38 bits per heavy atom. The second kappa shape index (κ2) is 6.87. The Morgan fingerprint density at radius 2 is 2.05 bits per heavy atom. The highest BCUT2D eigenvalue weighted by atomic mass is 32.2. The first-order valence-corrected chi connectivity index (χ1v) is 7.74. The summed E-state index contributed by atoms with van der Waals surface area (Å²) >= 11 is 6.35. The Morgan fingerprint density at radius 3 is 2.57 bits per heavy atom. The molecule has 0 saturated carbocycles. The first-order valence-electron chi connectivity index (χ1n) is 6.51. The van der Waals surface area contributed by atoms with E-state index in [2.05, 4.69) is 0 Å². The first kappa shape index (κ1) is 15.7. The zero-order chi connectivity index (χ0) is 15.4. The molecule has 0 radical (unpaired) electrons. The Bertz CT molecular complexity index is 608. The van der Waals surface area contributed by atoms with Crippen molar-refractivity contribution in [2.45, 2.75) is 13.3 Å². The summed E-state index contributed by atoms with van der Waals surface area (Å²) in [7, 11) is 1.66. The van der Waals surface area contributed by atoms with Crippen LogP contribution in [-0.2, 0) is 9.53 Å². The second-order valence-corrected chi connectivity index (χ2v) is 6.17. The van der Waals surface area contributed by atoms with Gasteiger partial charge in [-0.15, -0.1) is 0 Å². The molecule has 2 rings (SSSR count). The number of likely N-dealkylation sites (N-methyl/N-ethyl adjacent to an activating group) is 1. The Kier molecular flexibility index (Phi) is 5.14. The van der Waals surface area contributed by atoms with Crippen molar-refractivity contribution in [1.82, 2.24) is 4.90 Å². The monoisotopic (exact) mass is 321 g/mol. The molecule has 1 aromatic rings. The number of carbonyl (C=O) groups excluding carboxylic acids is 2. The Hall–Kier alpha value is -1.66. The lowest BCUT2D eigenvalue weighted by Crippen LogP contribution is -2.22. The highest BCUT2D eigenvalue weighted by Crippen LogP contribution is 2.31. The van der Waals surface area contributed by atoms with Crippen molar-refractivity contribution in [2.24, 2.45) is 0 Å². The van der Waals surface area contributed by atoms with Crippen LogP contribution in [0.1, 0.15) is 29.3 Å². The van der Waals surface area contributed by atoms with Crippen molar-refractivity contribution in [3.8, 4) is 0 Å². The molecule has 0 N–H and O–H groups in total. The number of hydrogen-bond acceptors (Lipinski definition) is 5. The largest absolute Gasteiger partial charge is 0.462 e. The molecule has 21 heavy (non-hydrogen) atoms. The Balaban J connectivity index is 2.11. The smallest absolute Gasteiger partial charge is 0.338 e. The SMILES string of the molecule is CCCOC(=O)c1ccc(/C=C2/SC(=S)N(C)C2=O)cc1. The third-order valence-corrected chi connectivity index (χ3v) is 4.35. The molecule has 1 saturated heterocycles. The predicted octanol–water partition coefficient (Wildman–Crippen LogP) is 3.08. The van der Waals surface area contributed by atoms with Crippen LogP contribution in [0.2, 0.25) is 0 Å². The zero-order valence-corrected chi connectivity index (χ0v) is 13.4. The van der Waals surface area contributed by atoms with Gasteiger partial charge in [-0.2, -0.15) is 0 Å². The average molecular weight is 321 g/mol.